The van der Waals surface area contributed by atoms with Crippen LogP contribution < -0.4 is 15.6 Å². The number of benzene rings is 1. The molecule has 0 bridgehead atoms. The quantitative estimate of drug-likeness (QED) is 0.922. The molecule has 124 valence electrons. The minimum atomic E-state index is 0.0706. The number of methoxy groups -OCH3 is 1. The Morgan fingerprint density at radius 3 is 2.70 bits per heavy atom. The van der Waals surface area contributed by atoms with E-state index in [1.54, 1.807) is 13.2 Å². The number of pyridine rings is 1. The number of ether oxygens (including phenoxy) is 1. The van der Waals surface area contributed by atoms with E-state index < -0.39 is 0 Å². The minimum absolute atomic E-state index is 0.0706. The van der Waals surface area contributed by atoms with E-state index in [9.17, 15) is 4.79 Å². The Kier molecular flexibility index (Phi) is 4.71. The van der Waals surface area contributed by atoms with E-state index in [1.807, 2.05) is 28.8 Å². The monoisotopic (exact) mass is 314 g/mol. The largest absolute Gasteiger partial charge is 0.497 e. The number of hydrogen-bond acceptors (Lipinski definition) is 3. The van der Waals surface area contributed by atoms with Gasteiger partial charge in [-0.05, 0) is 67.8 Å². The van der Waals surface area contributed by atoms with Gasteiger partial charge in [0.2, 0.25) is 0 Å². The summed E-state index contributed by atoms with van der Waals surface area (Å²) >= 11 is 0. The average Bonchev–Trinajstić information content (AvgIpc) is 2.57. The van der Waals surface area contributed by atoms with Crippen molar-refractivity contribution in [3.8, 4) is 5.75 Å². The van der Waals surface area contributed by atoms with Crippen molar-refractivity contribution >= 4 is 10.9 Å². The molecule has 1 aliphatic heterocycles. The van der Waals surface area contributed by atoms with Crippen molar-refractivity contribution < 1.29 is 4.74 Å². The molecule has 23 heavy (non-hydrogen) atoms. The van der Waals surface area contributed by atoms with Crippen LogP contribution in [0.1, 0.15) is 32.6 Å². The van der Waals surface area contributed by atoms with Crippen LogP contribution in [-0.4, -0.2) is 24.8 Å². The lowest BCUT2D eigenvalue weighted by atomic mass is 9.77. The summed E-state index contributed by atoms with van der Waals surface area (Å²) in [7, 11) is 1.66. The van der Waals surface area contributed by atoms with Crippen molar-refractivity contribution in [3.63, 3.8) is 0 Å². The molecule has 0 amide bonds. The Morgan fingerprint density at radius 2 is 1.96 bits per heavy atom. The van der Waals surface area contributed by atoms with Crippen molar-refractivity contribution in [2.75, 3.05) is 20.2 Å². The Labute approximate surface area is 137 Å². The zero-order valence-corrected chi connectivity index (χ0v) is 14.1. The topological polar surface area (TPSA) is 43.3 Å². The van der Waals surface area contributed by atoms with Crippen LogP contribution in [0.2, 0.25) is 0 Å². The number of rotatable bonds is 5. The van der Waals surface area contributed by atoms with Gasteiger partial charge in [-0.25, -0.2) is 0 Å². The van der Waals surface area contributed by atoms with Crippen molar-refractivity contribution in [2.45, 2.75) is 39.2 Å². The number of fused-ring (bicyclic) bond motifs is 1. The van der Waals surface area contributed by atoms with E-state index >= 15 is 0 Å². The first-order valence-corrected chi connectivity index (χ1v) is 8.50. The van der Waals surface area contributed by atoms with E-state index in [0.29, 0.717) is 5.41 Å². The molecule has 1 N–H and O–H groups in total. The van der Waals surface area contributed by atoms with E-state index in [2.05, 4.69) is 12.2 Å². The smallest absolute Gasteiger partial charge is 0.251 e. The summed E-state index contributed by atoms with van der Waals surface area (Å²) in [6.45, 7) is 5.37. The maximum absolute atomic E-state index is 12.3. The highest BCUT2D eigenvalue weighted by Crippen LogP contribution is 2.33. The summed E-state index contributed by atoms with van der Waals surface area (Å²) in [5.74, 6) is 0.794. The van der Waals surface area contributed by atoms with E-state index in [4.69, 9.17) is 4.74 Å². The first-order chi connectivity index (χ1) is 11.1. The lowest BCUT2D eigenvalue weighted by Crippen LogP contribution is -2.35. The number of hydrogen-bond donors (Lipinski definition) is 1. The van der Waals surface area contributed by atoms with Gasteiger partial charge in [-0.2, -0.15) is 0 Å². The third kappa shape index (κ3) is 3.58. The Bertz CT molecular complexity index is 730. The fraction of sp³-hybridized carbons (Fsp3) is 0.526. The fourth-order valence-corrected chi connectivity index (χ4v) is 3.57. The molecule has 4 heteroatoms. The Morgan fingerprint density at radius 1 is 1.22 bits per heavy atom. The fourth-order valence-electron chi connectivity index (χ4n) is 3.57. The summed E-state index contributed by atoms with van der Waals surface area (Å²) in [6.07, 6.45) is 4.66. The van der Waals surface area contributed by atoms with Gasteiger partial charge in [-0.1, -0.05) is 6.92 Å². The number of nitrogens with one attached hydrogen (secondary N) is 1. The van der Waals surface area contributed by atoms with Gasteiger partial charge in [-0.15, -0.1) is 0 Å². The molecule has 1 aromatic heterocycles. The van der Waals surface area contributed by atoms with Gasteiger partial charge in [0.15, 0.2) is 0 Å². The van der Waals surface area contributed by atoms with Crippen molar-refractivity contribution in [3.05, 3.63) is 40.7 Å². The van der Waals surface area contributed by atoms with Crippen molar-refractivity contribution in [2.24, 2.45) is 5.41 Å². The van der Waals surface area contributed by atoms with Crippen molar-refractivity contribution in [1.29, 1.82) is 0 Å². The van der Waals surface area contributed by atoms with Crippen LogP contribution >= 0.6 is 0 Å². The predicted octanol–water partition coefficient (Wildman–Crippen LogP) is 3.18. The molecular weight excluding hydrogens is 288 g/mol. The van der Waals surface area contributed by atoms with E-state index in [-0.39, 0.29) is 5.56 Å². The number of nitrogens with zero attached hydrogens (tertiary/aromatic N) is 1. The van der Waals surface area contributed by atoms with Gasteiger partial charge >= 0.3 is 0 Å². The second-order valence-electron chi connectivity index (χ2n) is 6.91. The Hall–Kier alpha value is -1.81. The van der Waals surface area contributed by atoms with Gasteiger partial charge < -0.3 is 14.6 Å². The highest BCUT2D eigenvalue weighted by Gasteiger charge is 2.25. The van der Waals surface area contributed by atoms with Gasteiger partial charge in [0.05, 0.1) is 12.6 Å². The van der Waals surface area contributed by atoms with E-state index in [0.717, 1.165) is 42.7 Å². The molecule has 0 saturated carbocycles. The van der Waals surface area contributed by atoms with Gasteiger partial charge in [0.1, 0.15) is 5.75 Å². The first kappa shape index (κ1) is 16.1. The van der Waals surface area contributed by atoms with Crippen LogP contribution in [-0.2, 0) is 6.54 Å². The van der Waals surface area contributed by atoms with Crippen LogP contribution in [0, 0.1) is 5.41 Å². The molecule has 1 fully saturated rings. The van der Waals surface area contributed by atoms with Gasteiger partial charge in [0.25, 0.3) is 5.56 Å². The minimum Gasteiger partial charge on any atom is -0.497 e. The molecule has 0 spiro atoms. The first-order valence-electron chi connectivity index (χ1n) is 8.50. The highest BCUT2D eigenvalue weighted by atomic mass is 16.5. The maximum atomic E-state index is 12.3. The molecule has 0 radical (unpaired) electrons. The van der Waals surface area contributed by atoms with Crippen LogP contribution in [0.15, 0.2) is 35.1 Å². The summed E-state index contributed by atoms with van der Waals surface area (Å²) < 4.78 is 7.20. The van der Waals surface area contributed by atoms with Gasteiger partial charge in [-0.3, -0.25) is 4.79 Å². The Balaban J connectivity index is 1.79. The van der Waals surface area contributed by atoms with E-state index in [1.165, 1.54) is 19.3 Å². The number of piperidine rings is 1. The third-order valence-electron chi connectivity index (χ3n) is 5.17. The molecule has 1 aliphatic rings. The average molecular weight is 314 g/mol. The molecule has 2 heterocycles. The second-order valence-corrected chi connectivity index (χ2v) is 6.91. The summed E-state index contributed by atoms with van der Waals surface area (Å²) in [5, 5.41) is 4.51. The molecule has 3 rings (SSSR count). The number of aryl methyl sites for hydroxylation is 1. The molecule has 0 unspecified atom stereocenters. The molecule has 1 aromatic carbocycles. The summed E-state index contributed by atoms with van der Waals surface area (Å²) in [6, 6.07) is 9.47. The highest BCUT2D eigenvalue weighted by molar-refractivity contribution is 5.80. The van der Waals surface area contributed by atoms with Crippen LogP contribution in [0.3, 0.4) is 0 Å². The maximum Gasteiger partial charge on any atom is 0.251 e. The zero-order chi connectivity index (χ0) is 16.3. The third-order valence-corrected chi connectivity index (χ3v) is 5.17. The SMILES string of the molecule is COc1ccc2ccc(=O)n(CCCC3(C)CCNCC3)c2c1. The standard InChI is InChI=1S/C19H26N2O2/c1-19(9-11-20-12-10-19)8-3-13-21-17-14-16(23-2)6-4-15(17)5-7-18(21)22/h4-7,14,20H,3,8-13H2,1-2H3. The normalized spacial score (nSPS) is 17.3. The summed E-state index contributed by atoms with van der Waals surface area (Å²) in [5.41, 5.74) is 1.45. The molecule has 0 aliphatic carbocycles. The lowest BCUT2D eigenvalue weighted by molar-refractivity contribution is 0.203. The van der Waals surface area contributed by atoms with Crippen molar-refractivity contribution in [1.82, 2.24) is 9.88 Å². The second kappa shape index (κ2) is 6.75. The lowest BCUT2D eigenvalue weighted by Gasteiger charge is -2.34. The molecule has 0 atom stereocenters. The summed E-state index contributed by atoms with van der Waals surface area (Å²) in [4.78, 5) is 12.3. The van der Waals surface area contributed by atoms with Crippen LogP contribution in [0.25, 0.3) is 10.9 Å². The predicted molar refractivity (Wildman–Crippen MR) is 94.2 cm³/mol. The molecule has 4 nitrogen and oxygen atoms in total. The van der Waals surface area contributed by atoms with Gasteiger partial charge in [0, 0.05) is 18.7 Å². The molecule has 1 saturated heterocycles. The van der Waals surface area contributed by atoms with Crippen LogP contribution in [0.5, 0.6) is 5.75 Å². The molecule has 2 aromatic rings. The molecular formula is C19H26N2O2. The number of aromatic nitrogens is 1. The zero-order valence-electron chi connectivity index (χ0n) is 14.1. The van der Waals surface area contributed by atoms with Crippen LogP contribution in [0.4, 0.5) is 0 Å².